The Labute approximate surface area is 201 Å². The van der Waals surface area contributed by atoms with Gasteiger partial charge in [-0.3, -0.25) is 14.4 Å². The van der Waals surface area contributed by atoms with Crippen LogP contribution >= 0.6 is 23.2 Å². The summed E-state index contributed by atoms with van der Waals surface area (Å²) in [6, 6.07) is 10.1. The molecule has 0 aromatic heterocycles. The van der Waals surface area contributed by atoms with Gasteiger partial charge in [-0.05, 0) is 55.3 Å². The zero-order valence-corrected chi connectivity index (χ0v) is 19.2. The second-order valence-electron chi connectivity index (χ2n) is 8.14. The number of halogens is 2. The molecule has 7 nitrogen and oxygen atoms in total. The number of imide groups is 1. The lowest BCUT2D eigenvalue weighted by atomic mass is 10.1. The molecule has 1 aliphatic heterocycles. The quantitative estimate of drug-likeness (QED) is 0.356. The number of amides is 2. The molecule has 4 rings (SSSR count). The monoisotopic (exact) mass is 488 g/mol. The number of carbonyl (C=O) groups is 4. The summed E-state index contributed by atoms with van der Waals surface area (Å²) in [5.74, 6) is -1.74. The van der Waals surface area contributed by atoms with Crippen LogP contribution < -0.4 is 10.2 Å². The number of hydrogen-bond donors (Lipinski definition) is 1. The topological polar surface area (TPSA) is 92.8 Å². The second kappa shape index (κ2) is 10.0. The summed E-state index contributed by atoms with van der Waals surface area (Å²) in [4.78, 5) is 51.0. The van der Waals surface area contributed by atoms with Crippen LogP contribution in [-0.4, -0.2) is 42.3 Å². The molecule has 1 atom stereocenters. The smallest absolute Gasteiger partial charge is 0.338 e. The molecule has 2 aromatic carbocycles. The predicted molar refractivity (Wildman–Crippen MR) is 124 cm³/mol. The highest BCUT2D eigenvalue weighted by atomic mass is 35.5. The van der Waals surface area contributed by atoms with E-state index in [2.05, 4.69) is 5.32 Å². The van der Waals surface area contributed by atoms with Gasteiger partial charge in [0.1, 0.15) is 0 Å². The molecule has 2 fully saturated rings. The molecule has 0 radical (unpaired) electrons. The molecular formula is C24H22Cl2N2O5. The summed E-state index contributed by atoms with van der Waals surface area (Å²) in [7, 11) is 0. The zero-order valence-electron chi connectivity index (χ0n) is 17.7. The number of rotatable bonds is 7. The Bertz CT molecular complexity index is 1100. The van der Waals surface area contributed by atoms with Gasteiger partial charge in [-0.25, -0.2) is 9.69 Å². The van der Waals surface area contributed by atoms with Gasteiger partial charge in [0, 0.05) is 16.6 Å². The summed E-state index contributed by atoms with van der Waals surface area (Å²) in [5, 5.41) is 3.87. The van der Waals surface area contributed by atoms with Crippen molar-refractivity contribution >= 4 is 52.5 Å². The molecule has 33 heavy (non-hydrogen) atoms. The molecule has 2 aliphatic rings. The third kappa shape index (κ3) is 5.27. The first-order chi connectivity index (χ1) is 15.8. The molecule has 1 aliphatic carbocycles. The molecule has 1 heterocycles. The van der Waals surface area contributed by atoms with E-state index in [9.17, 15) is 19.2 Å². The highest BCUT2D eigenvalue weighted by Gasteiger charge is 2.40. The third-order valence-electron chi connectivity index (χ3n) is 5.87. The molecule has 1 N–H and O–H groups in total. The fraction of sp³-hybridized carbons (Fsp3) is 0.333. The third-order valence-corrected chi connectivity index (χ3v) is 6.41. The maximum absolute atomic E-state index is 12.8. The van der Waals surface area contributed by atoms with Gasteiger partial charge < -0.3 is 10.1 Å². The Morgan fingerprint density at radius 3 is 2.39 bits per heavy atom. The van der Waals surface area contributed by atoms with Crippen molar-refractivity contribution < 1.29 is 23.9 Å². The molecule has 0 bridgehead atoms. The molecule has 1 unspecified atom stereocenters. The Morgan fingerprint density at radius 1 is 1.03 bits per heavy atom. The number of ketones is 1. The van der Waals surface area contributed by atoms with E-state index in [-0.39, 0.29) is 40.4 Å². The highest BCUT2D eigenvalue weighted by Crippen LogP contribution is 2.26. The van der Waals surface area contributed by atoms with E-state index < -0.39 is 24.4 Å². The van der Waals surface area contributed by atoms with E-state index in [4.69, 9.17) is 27.9 Å². The number of ether oxygens (including phenoxy) is 1. The number of benzene rings is 2. The van der Waals surface area contributed by atoms with Gasteiger partial charge in [-0.1, -0.05) is 36.0 Å². The molecular weight excluding hydrogens is 467 g/mol. The van der Waals surface area contributed by atoms with Gasteiger partial charge in [-0.15, -0.1) is 0 Å². The van der Waals surface area contributed by atoms with E-state index in [0.717, 1.165) is 30.6 Å². The van der Waals surface area contributed by atoms with Gasteiger partial charge in [-0.2, -0.15) is 0 Å². The van der Waals surface area contributed by atoms with Crippen LogP contribution in [0.3, 0.4) is 0 Å². The second-order valence-corrected chi connectivity index (χ2v) is 8.99. The first-order valence-electron chi connectivity index (χ1n) is 10.7. The van der Waals surface area contributed by atoms with Crippen LogP contribution in [-0.2, 0) is 14.3 Å². The number of Topliss-reactive ketones (excluding diaryl/α,β-unsaturated/α-hetero) is 1. The average molecular weight is 489 g/mol. The number of esters is 1. The maximum Gasteiger partial charge on any atom is 0.338 e. The van der Waals surface area contributed by atoms with Crippen LogP contribution in [0.2, 0.25) is 10.0 Å². The zero-order chi connectivity index (χ0) is 23.5. The number of anilines is 1. The lowest BCUT2D eigenvalue weighted by Crippen LogP contribution is -2.42. The van der Waals surface area contributed by atoms with Crippen LogP contribution in [0.4, 0.5) is 5.69 Å². The minimum atomic E-state index is -0.708. The number of nitrogens with zero attached hydrogens (tertiary/aromatic N) is 1. The van der Waals surface area contributed by atoms with Crippen LogP contribution in [0.25, 0.3) is 0 Å². The summed E-state index contributed by atoms with van der Waals surface area (Å²) in [6.45, 7) is -0.487. The standard InChI is InChI=1S/C24H22Cl2N2O5/c25-15-7-10-18(19(26)11-15)21(29)13-33-24(32)14-5-8-17(9-6-14)28-22(30)12-20(23(28)31)27-16-3-1-2-4-16/h5-11,16,20,27H,1-4,12-13H2. The first-order valence-corrected chi connectivity index (χ1v) is 11.5. The fourth-order valence-corrected chi connectivity index (χ4v) is 4.68. The van der Waals surface area contributed by atoms with Gasteiger partial charge in [0.25, 0.3) is 5.91 Å². The van der Waals surface area contributed by atoms with Crippen LogP contribution in [0.1, 0.15) is 52.8 Å². The predicted octanol–water partition coefficient (Wildman–Crippen LogP) is 4.20. The van der Waals surface area contributed by atoms with Crippen molar-refractivity contribution in [3.05, 3.63) is 63.6 Å². The lowest BCUT2D eigenvalue weighted by molar-refractivity contribution is -0.121. The van der Waals surface area contributed by atoms with Crippen LogP contribution in [0.5, 0.6) is 0 Å². The van der Waals surface area contributed by atoms with E-state index in [1.54, 1.807) is 0 Å². The number of nitrogens with one attached hydrogen (secondary N) is 1. The first kappa shape index (κ1) is 23.4. The van der Waals surface area contributed by atoms with Gasteiger partial charge >= 0.3 is 5.97 Å². The van der Waals surface area contributed by atoms with Gasteiger partial charge in [0.15, 0.2) is 6.61 Å². The molecule has 1 saturated heterocycles. The molecule has 172 valence electrons. The molecule has 2 amide bonds. The minimum Gasteiger partial charge on any atom is -0.454 e. The van der Waals surface area contributed by atoms with Crippen molar-refractivity contribution in [2.24, 2.45) is 0 Å². The van der Waals surface area contributed by atoms with Crippen molar-refractivity contribution in [2.75, 3.05) is 11.5 Å². The van der Waals surface area contributed by atoms with E-state index >= 15 is 0 Å². The Hall–Kier alpha value is -2.74. The van der Waals surface area contributed by atoms with E-state index in [1.165, 1.54) is 42.5 Å². The average Bonchev–Trinajstić information content (AvgIpc) is 3.40. The maximum atomic E-state index is 12.8. The summed E-state index contributed by atoms with van der Waals surface area (Å²) >= 11 is 11.8. The van der Waals surface area contributed by atoms with Crippen LogP contribution in [0, 0.1) is 0 Å². The van der Waals surface area contributed by atoms with Crippen molar-refractivity contribution in [3.8, 4) is 0 Å². The Balaban J connectivity index is 1.36. The Morgan fingerprint density at radius 2 is 1.73 bits per heavy atom. The lowest BCUT2D eigenvalue weighted by Gasteiger charge is -2.18. The van der Waals surface area contributed by atoms with Gasteiger partial charge in [0.05, 0.1) is 28.7 Å². The minimum absolute atomic E-state index is 0.120. The Kier molecular flexibility index (Phi) is 7.12. The van der Waals surface area contributed by atoms with Crippen molar-refractivity contribution in [3.63, 3.8) is 0 Å². The largest absolute Gasteiger partial charge is 0.454 e. The number of carbonyl (C=O) groups excluding carboxylic acids is 4. The molecule has 1 saturated carbocycles. The van der Waals surface area contributed by atoms with Crippen LogP contribution in [0.15, 0.2) is 42.5 Å². The molecule has 0 spiro atoms. The summed E-state index contributed by atoms with van der Waals surface area (Å²) in [5.41, 5.74) is 0.783. The van der Waals surface area contributed by atoms with E-state index in [0.29, 0.717) is 10.7 Å². The molecule has 9 heteroatoms. The summed E-state index contributed by atoms with van der Waals surface area (Å²) < 4.78 is 5.09. The van der Waals surface area contributed by atoms with E-state index in [1.807, 2.05) is 0 Å². The highest BCUT2D eigenvalue weighted by molar-refractivity contribution is 6.36. The van der Waals surface area contributed by atoms with Gasteiger partial charge in [0.2, 0.25) is 11.7 Å². The van der Waals surface area contributed by atoms with Crippen molar-refractivity contribution in [1.82, 2.24) is 5.32 Å². The number of hydrogen-bond acceptors (Lipinski definition) is 6. The SMILES string of the molecule is O=C(OCC(=O)c1ccc(Cl)cc1Cl)c1ccc(N2C(=O)CC(NC3CCCC3)C2=O)cc1. The fourth-order valence-electron chi connectivity index (χ4n) is 4.16. The normalized spacial score (nSPS) is 18.7. The molecule has 2 aromatic rings. The van der Waals surface area contributed by atoms with Crippen molar-refractivity contribution in [2.45, 2.75) is 44.2 Å². The van der Waals surface area contributed by atoms with Crippen molar-refractivity contribution in [1.29, 1.82) is 0 Å². The summed E-state index contributed by atoms with van der Waals surface area (Å²) in [6.07, 6.45) is 4.41.